The van der Waals surface area contributed by atoms with Gasteiger partial charge in [0, 0.05) is 12.6 Å². The second-order valence-electron chi connectivity index (χ2n) is 6.51. The summed E-state index contributed by atoms with van der Waals surface area (Å²) in [6.45, 7) is 5.87. The fraction of sp³-hybridized carbons (Fsp3) is 0.588. The summed E-state index contributed by atoms with van der Waals surface area (Å²) >= 11 is 0. The van der Waals surface area contributed by atoms with E-state index in [-0.39, 0.29) is 11.4 Å². The molecule has 0 radical (unpaired) electrons. The van der Waals surface area contributed by atoms with Crippen molar-refractivity contribution in [1.29, 1.82) is 0 Å². The van der Waals surface area contributed by atoms with Crippen LogP contribution in [0.3, 0.4) is 0 Å². The largest absolute Gasteiger partial charge is 0.334 e. The van der Waals surface area contributed by atoms with Crippen molar-refractivity contribution in [2.24, 2.45) is 0 Å². The van der Waals surface area contributed by atoms with Crippen molar-refractivity contribution in [3.05, 3.63) is 35.4 Å². The first kappa shape index (κ1) is 13.6. The van der Waals surface area contributed by atoms with E-state index in [1.807, 2.05) is 0 Å². The third-order valence-corrected chi connectivity index (χ3v) is 4.56. The maximum atomic E-state index is 12.9. The average molecular weight is 272 g/mol. The standard InChI is InChI=1S/C17H24N2O/c1-13-4-6-14(7-5-13)12-19(15-8-9-15)16(20)17(2)10-3-11-18-17/h4-7,15,18H,3,8-12H2,1-2H3. The van der Waals surface area contributed by atoms with Gasteiger partial charge in [-0.1, -0.05) is 29.8 Å². The minimum Gasteiger partial charge on any atom is -0.334 e. The van der Waals surface area contributed by atoms with Gasteiger partial charge in [0.05, 0.1) is 5.54 Å². The Morgan fingerprint density at radius 2 is 2.05 bits per heavy atom. The Morgan fingerprint density at radius 3 is 2.60 bits per heavy atom. The highest BCUT2D eigenvalue weighted by Gasteiger charge is 2.43. The molecule has 0 spiro atoms. The molecule has 3 rings (SSSR count). The summed E-state index contributed by atoms with van der Waals surface area (Å²) < 4.78 is 0. The van der Waals surface area contributed by atoms with Crippen LogP contribution in [-0.4, -0.2) is 28.9 Å². The van der Waals surface area contributed by atoms with E-state index in [1.165, 1.54) is 11.1 Å². The Labute approximate surface area is 121 Å². The molecule has 1 saturated heterocycles. The summed E-state index contributed by atoms with van der Waals surface area (Å²) in [5.41, 5.74) is 2.16. The molecule has 1 aromatic carbocycles. The summed E-state index contributed by atoms with van der Waals surface area (Å²) in [6, 6.07) is 8.99. The van der Waals surface area contributed by atoms with Crippen LogP contribution in [0.25, 0.3) is 0 Å². The maximum Gasteiger partial charge on any atom is 0.243 e. The topological polar surface area (TPSA) is 32.3 Å². The first-order chi connectivity index (χ1) is 9.58. The van der Waals surface area contributed by atoms with E-state index in [2.05, 4.69) is 48.3 Å². The van der Waals surface area contributed by atoms with E-state index in [0.29, 0.717) is 6.04 Å². The molecule has 3 heteroatoms. The molecule has 2 aliphatic rings. The number of carbonyl (C=O) groups excluding carboxylic acids is 1. The molecule has 1 heterocycles. The van der Waals surface area contributed by atoms with Crippen LogP contribution in [-0.2, 0) is 11.3 Å². The predicted octanol–water partition coefficient (Wildman–Crippen LogP) is 2.63. The van der Waals surface area contributed by atoms with E-state index in [1.54, 1.807) is 0 Å². The minimum atomic E-state index is -0.340. The van der Waals surface area contributed by atoms with Crippen molar-refractivity contribution in [3.63, 3.8) is 0 Å². The molecule has 3 nitrogen and oxygen atoms in total. The summed E-state index contributed by atoms with van der Waals surface area (Å²) in [5, 5.41) is 3.40. The van der Waals surface area contributed by atoms with Gasteiger partial charge in [0.15, 0.2) is 0 Å². The summed E-state index contributed by atoms with van der Waals surface area (Å²) in [4.78, 5) is 15.0. The number of hydrogen-bond acceptors (Lipinski definition) is 2. The van der Waals surface area contributed by atoms with Crippen molar-refractivity contribution in [3.8, 4) is 0 Å². The van der Waals surface area contributed by atoms with Gasteiger partial charge in [0.1, 0.15) is 0 Å². The molecule has 1 aliphatic carbocycles. The van der Waals surface area contributed by atoms with Gasteiger partial charge in [-0.25, -0.2) is 0 Å². The quantitative estimate of drug-likeness (QED) is 0.914. The molecule has 1 unspecified atom stereocenters. The van der Waals surface area contributed by atoms with Crippen LogP contribution >= 0.6 is 0 Å². The normalized spacial score (nSPS) is 25.7. The van der Waals surface area contributed by atoms with E-state index in [9.17, 15) is 4.79 Å². The molecule has 1 aliphatic heterocycles. The van der Waals surface area contributed by atoms with Crippen molar-refractivity contribution in [1.82, 2.24) is 10.2 Å². The van der Waals surface area contributed by atoms with Gasteiger partial charge in [-0.2, -0.15) is 0 Å². The van der Waals surface area contributed by atoms with Crippen LogP contribution in [0.15, 0.2) is 24.3 Å². The third kappa shape index (κ3) is 2.73. The molecule has 1 saturated carbocycles. The lowest BCUT2D eigenvalue weighted by Gasteiger charge is -2.32. The van der Waals surface area contributed by atoms with Crippen LogP contribution in [0.1, 0.15) is 43.7 Å². The molecule has 1 aromatic rings. The summed E-state index contributed by atoms with van der Waals surface area (Å²) in [7, 11) is 0. The highest BCUT2D eigenvalue weighted by atomic mass is 16.2. The molecule has 20 heavy (non-hydrogen) atoms. The highest BCUT2D eigenvalue weighted by Crippen LogP contribution is 2.32. The van der Waals surface area contributed by atoms with Gasteiger partial charge in [-0.15, -0.1) is 0 Å². The monoisotopic (exact) mass is 272 g/mol. The Balaban J connectivity index is 1.75. The molecule has 0 aromatic heterocycles. The van der Waals surface area contributed by atoms with Crippen LogP contribution < -0.4 is 5.32 Å². The van der Waals surface area contributed by atoms with Crippen LogP contribution in [0.2, 0.25) is 0 Å². The Morgan fingerprint density at radius 1 is 1.35 bits per heavy atom. The molecule has 1 N–H and O–H groups in total. The number of amides is 1. The van der Waals surface area contributed by atoms with Gasteiger partial charge in [-0.3, -0.25) is 4.79 Å². The van der Waals surface area contributed by atoms with Gasteiger partial charge in [-0.05, 0) is 51.6 Å². The van der Waals surface area contributed by atoms with E-state index >= 15 is 0 Å². The van der Waals surface area contributed by atoms with Gasteiger partial charge >= 0.3 is 0 Å². The van der Waals surface area contributed by atoms with Crippen molar-refractivity contribution >= 4 is 5.91 Å². The van der Waals surface area contributed by atoms with Crippen LogP contribution in [0, 0.1) is 6.92 Å². The fourth-order valence-corrected chi connectivity index (χ4v) is 3.04. The lowest BCUT2D eigenvalue weighted by Crippen LogP contribution is -2.53. The van der Waals surface area contributed by atoms with Crippen molar-refractivity contribution in [2.45, 2.75) is 57.7 Å². The molecular weight excluding hydrogens is 248 g/mol. The van der Waals surface area contributed by atoms with E-state index in [4.69, 9.17) is 0 Å². The lowest BCUT2D eigenvalue weighted by molar-refractivity contribution is -0.138. The third-order valence-electron chi connectivity index (χ3n) is 4.56. The smallest absolute Gasteiger partial charge is 0.243 e. The first-order valence-electron chi connectivity index (χ1n) is 7.70. The number of rotatable bonds is 4. The maximum absolute atomic E-state index is 12.9. The highest BCUT2D eigenvalue weighted by molar-refractivity contribution is 5.86. The average Bonchev–Trinajstić information content (AvgIpc) is 3.19. The van der Waals surface area contributed by atoms with Gasteiger partial charge in [0.2, 0.25) is 5.91 Å². The zero-order valence-corrected chi connectivity index (χ0v) is 12.5. The number of benzene rings is 1. The number of hydrogen-bond donors (Lipinski definition) is 1. The number of nitrogens with zero attached hydrogens (tertiary/aromatic N) is 1. The molecule has 1 atom stereocenters. The molecule has 2 fully saturated rings. The SMILES string of the molecule is Cc1ccc(CN(C(=O)C2(C)CCCN2)C2CC2)cc1. The number of aryl methyl sites for hydroxylation is 1. The summed E-state index contributed by atoms with van der Waals surface area (Å²) in [6.07, 6.45) is 4.38. The van der Waals surface area contributed by atoms with E-state index in [0.717, 1.165) is 38.8 Å². The van der Waals surface area contributed by atoms with Crippen LogP contribution in [0.4, 0.5) is 0 Å². The van der Waals surface area contributed by atoms with Gasteiger partial charge in [0.25, 0.3) is 0 Å². The first-order valence-corrected chi connectivity index (χ1v) is 7.70. The second kappa shape index (κ2) is 5.21. The lowest BCUT2D eigenvalue weighted by atomic mass is 9.98. The number of nitrogens with one attached hydrogen (secondary N) is 1. The van der Waals surface area contributed by atoms with Crippen molar-refractivity contribution in [2.75, 3.05) is 6.54 Å². The number of carbonyl (C=O) groups is 1. The zero-order valence-electron chi connectivity index (χ0n) is 12.5. The van der Waals surface area contributed by atoms with Gasteiger partial charge < -0.3 is 10.2 Å². The van der Waals surface area contributed by atoms with E-state index < -0.39 is 0 Å². The Hall–Kier alpha value is -1.35. The molecule has 0 bridgehead atoms. The Bertz CT molecular complexity index is 484. The van der Waals surface area contributed by atoms with Crippen molar-refractivity contribution < 1.29 is 4.79 Å². The predicted molar refractivity (Wildman–Crippen MR) is 80.4 cm³/mol. The Kier molecular flexibility index (Phi) is 3.55. The molecule has 1 amide bonds. The zero-order chi connectivity index (χ0) is 14.2. The molecule has 108 valence electrons. The fourth-order valence-electron chi connectivity index (χ4n) is 3.04. The van der Waals surface area contributed by atoms with Crippen LogP contribution in [0.5, 0.6) is 0 Å². The summed E-state index contributed by atoms with van der Waals surface area (Å²) in [5.74, 6) is 0.290. The molecular formula is C17H24N2O. The second-order valence-corrected chi connectivity index (χ2v) is 6.51. The minimum absolute atomic E-state index is 0.290.